The topological polar surface area (TPSA) is 71.9 Å². The fourth-order valence-corrected chi connectivity index (χ4v) is 3.91. The van der Waals surface area contributed by atoms with Gasteiger partial charge in [0, 0.05) is 22.8 Å². The van der Waals surface area contributed by atoms with Gasteiger partial charge in [-0.3, -0.25) is 14.7 Å². The molecule has 0 saturated heterocycles. The summed E-state index contributed by atoms with van der Waals surface area (Å²) in [6.07, 6.45) is 1.60. The van der Waals surface area contributed by atoms with Crippen molar-refractivity contribution in [1.29, 1.82) is 0 Å². The number of rotatable bonds is 6. The fourth-order valence-electron chi connectivity index (χ4n) is 2.94. The fraction of sp³-hybridized carbons (Fsp3) is 0.0952. The molecule has 0 aliphatic carbocycles. The van der Waals surface area contributed by atoms with Crippen LogP contribution in [0.3, 0.4) is 0 Å². The van der Waals surface area contributed by atoms with Gasteiger partial charge in [-0.15, -0.1) is 11.3 Å². The zero-order chi connectivity index (χ0) is 20.2. The highest BCUT2D eigenvalue weighted by Crippen LogP contribution is 2.32. The van der Waals surface area contributed by atoms with Gasteiger partial charge in [0.15, 0.2) is 9.90 Å². The Morgan fingerprint density at radius 3 is 2.76 bits per heavy atom. The van der Waals surface area contributed by atoms with E-state index in [0.29, 0.717) is 22.2 Å². The molecule has 0 unspecified atom stereocenters. The third-order valence-electron chi connectivity index (χ3n) is 4.21. The summed E-state index contributed by atoms with van der Waals surface area (Å²) in [5, 5.41) is 5.26. The Labute approximate surface area is 176 Å². The number of amides is 1. The van der Waals surface area contributed by atoms with Crippen LogP contribution in [0.25, 0.3) is 16.9 Å². The van der Waals surface area contributed by atoms with E-state index in [9.17, 15) is 4.79 Å². The number of carbonyl (C=O) groups is 1. The molecule has 0 saturated carbocycles. The summed E-state index contributed by atoms with van der Waals surface area (Å²) in [6.45, 7) is 2.51. The number of aromatic amines is 1. The molecule has 0 atom stereocenters. The first kappa shape index (κ1) is 19.1. The summed E-state index contributed by atoms with van der Waals surface area (Å²) in [7, 11) is 0. The molecule has 0 fully saturated rings. The molecular formula is C21H18N4O2S2. The minimum Gasteiger partial charge on any atom is -0.493 e. The average molecular weight is 423 g/mol. The minimum atomic E-state index is -0.291. The Morgan fingerprint density at radius 2 is 1.97 bits per heavy atom. The highest BCUT2D eigenvalue weighted by molar-refractivity contribution is 7.71. The lowest BCUT2D eigenvalue weighted by Gasteiger charge is -2.08. The second-order valence-corrected chi connectivity index (χ2v) is 7.32. The van der Waals surface area contributed by atoms with Crippen LogP contribution >= 0.6 is 23.6 Å². The van der Waals surface area contributed by atoms with Crippen molar-refractivity contribution in [3.8, 4) is 22.7 Å². The molecule has 2 aromatic heterocycles. The number of hydrogen-bond donors (Lipinski definition) is 2. The smallest absolute Gasteiger partial charge is 0.276 e. The molecule has 2 heterocycles. The van der Waals surface area contributed by atoms with Crippen molar-refractivity contribution in [3.05, 3.63) is 76.6 Å². The first-order valence-electron chi connectivity index (χ1n) is 9.02. The van der Waals surface area contributed by atoms with Crippen LogP contribution in [-0.4, -0.2) is 27.0 Å². The Balaban J connectivity index is 1.60. The molecule has 0 spiro atoms. The van der Waals surface area contributed by atoms with Crippen molar-refractivity contribution in [3.63, 3.8) is 0 Å². The molecule has 4 aromatic rings. The van der Waals surface area contributed by atoms with E-state index in [1.807, 2.05) is 66.9 Å². The molecule has 1 amide bonds. The van der Waals surface area contributed by atoms with Crippen LogP contribution in [0.5, 0.6) is 5.75 Å². The van der Waals surface area contributed by atoms with Gasteiger partial charge in [-0.2, -0.15) is 0 Å². The molecule has 146 valence electrons. The van der Waals surface area contributed by atoms with Crippen LogP contribution in [0.4, 0.5) is 5.13 Å². The third kappa shape index (κ3) is 3.98. The highest BCUT2D eigenvalue weighted by atomic mass is 32.1. The van der Waals surface area contributed by atoms with Crippen molar-refractivity contribution < 1.29 is 9.53 Å². The summed E-state index contributed by atoms with van der Waals surface area (Å²) in [6, 6.07) is 17.2. The average Bonchev–Trinajstić information content (AvgIpc) is 3.36. The van der Waals surface area contributed by atoms with E-state index in [-0.39, 0.29) is 5.91 Å². The molecular weight excluding hydrogens is 404 g/mol. The number of nitrogens with zero attached hydrogens (tertiary/aromatic N) is 2. The molecule has 0 radical (unpaired) electrons. The number of nitrogens with one attached hydrogen (secondary N) is 2. The number of para-hydroxylation sites is 2. The molecule has 4 rings (SSSR count). The number of hydrogen-bond acceptors (Lipinski definition) is 5. The second-order valence-electron chi connectivity index (χ2n) is 6.07. The lowest BCUT2D eigenvalue weighted by atomic mass is 10.1. The predicted molar refractivity (Wildman–Crippen MR) is 118 cm³/mol. The Hall–Kier alpha value is -3.23. The van der Waals surface area contributed by atoms with Crippen molar-refractivity contribution in [2.75, 3.05) is 11.9 Å². The van der Waals surface area contributed by atoms with Gasteiger partial charge in [-0.05, 0) is 43.4 Å². The number of carbonyl (C=O) groups excluding carboxylic acids is 1. The lowest BCUT2D eigenvalue weighted by molar-refractivity contribution is 0.102. The monoisotopic (exact) mass is 422 g/mol. The summed E-state index contributed by atoms with van der Waals surface area (Å²) in [5.74, 6) is 0.474. The zero-order valence-corrected chi connectivity index (χ0v) is 17.2. The Bertz CT molecular complexity index is 1190. The first-order chi connectivity index (χ1) is 14.2. The number of aromatic nitrogens is 3. The normalized spacial score (nSPS) is 10.7. The van der Waals surface area contributed by atoms with E-state index < -0.39 is 0 Å². The summed E-state index contributed by atoms with van der Waals surface area (Å²) in [5.41, 5.74) is 2.87. The molecule has 0 bridgehead atoms. The van der Waals surface area contributed by atoms with E-state index in [2.05, 4.69) is 15.3 Å². The van der Waals surface area contributed by atoms with E-state index in [1.54, 1.807) is 10.8 Å². The Morgan fingerprint density at radius 1 is 1.21 bits per heavy atom. The molecule has 29 heavy (non-hydrogen) atoms. The summed E-state index contributed by atoms with van der Waals surface area (Å²) < 4.78 is 7.83. The van der Waals surface area contributed by atoms with E-state index >= 15 is 0 Å². The van der Waals surface area contributed by atoms with Crippen molar-refractivity contribution in [2.24, 2.45) is 0 Å². The SMILES string of the molecule is CCOc1ccccc1-c1csc(NC(=O)c2c[nH]c(=S)n2-c2ccccc2)n1. The Kier molecular flexibility index (Phi) is 5.55. The maximum atomic E-state index is 12.9. The number of anilines is 1. The van der Waals surface area contributed by atoms with Crippen LogP contribution in [-0.2, 0) is 0 Å². The van der Waals surface area contributed by atoms with Crippen LogP contribution in [0.15, 0.2) is 66.2 Å². The number of benzene rings is 2. The van der Waals surface area contributed by atoms with Crippen LogP contribution < -0.4 is 10.1 Å². The van der Waals surface area contributed by atoms with E-state index in [1.165, 1.54) is 11.3 Å². The van der Waals surface area contributed by atoms with Gasteiger partial charge in [-0.25, -0.2) is 4.98 Å². The molecule has 8 heteroatoms. The van der Waals surface area contributed by atoms with Crippen molar-refractivity contribution in [1.82, 2.24) is 14.5 Å². The first-order valence-corrected chi connectivity index (χ1v) is 10.3. The van der Waals surface area contributed by atoms with Gasteiger partial charge in [0.1, 0.15) is 11.4 Å². The maximum absolute atomic E-state index is 12.9. The van der Waals surface area contributed by atoms with Gasteiger partial charge in [0.25, 0.3) is 5.91 Å². The van der Waals surface area contributed by atoms with Crippen molar-refractivity contribution in [2.45, 2.75) is 6.92 Å². The number of imidazole rings is 1. The van der Waals surface area contributed by atoms with E-state index in [0.717, 1.165) is 22.7 Å². The molecule has 0 aliphatic rings. The van der Waals surface area contributed by atoms with Crippen LogP contribution in [0, 0.1) is 4.77 Å². The highest BCUT2D eigenvalue weighted by Gasteiger charge is 2.17. The standard InChI is InChI=1S/C21H18N4O2S2/c1-2-27-18-11-7-6-10-15(18)16-13-29-20(23-16)24-19(26)17-12-22-21(28)25(17)14-8-4-3-5-9-14/h3-13H,2H2,1H3,(H,22,28)(H,23,24,26). The van der Waals surface area contributed by atoms with Gasteiger partial charge in [-0.1, -0.05) is 30.3 Å². The molecule has 2 aromatic carbocycles. The largest absolute Gasteiger partial charge is 0.493 e. The van der Waals surface area contributed by atoms with Crippen molar-refractivity contribution >= 4 is 34.6 Å². The number of ether oxygens (including phenoxy) is 1. The second kappa shape index (κ2) is 8.42. The molecule has 0 aliphatic heterocycles. The molecule has 6 nitrogen and oxygen atoms in total. The predicted octanol–water partition coefficient (Wildman–Crippen LogP) is 5.31. The minimum absolute atomic E-state index is 0.291. The van der Waals surface area contributed by atoms with Crippen LogP contribution in [0.1, 0.15) is 17.4 Å². The van der Waals surface area contributed by atoms with E-state index in [4.69, 9.17) is 17.0 Å². The maximum Gasteiger partial charge on any atom is 0.276 e. The number of H-pyrrole nitrogens is 1. The number of thiazole rings is 1. The van der Waals surface area contributed by atoms with Gasteiger partial charge in [0.2, 0.25) is 0 Å². The lowest BCUT2D eigenvalue weighted by Crippen LogP contribution is -2.16. The van der Waals surface area contributed by atoms with Gasteiger partial charge < -0.3 is 9.72 Å². The third-order valence-corrected chi connectivity index (χ3v) is 5.27. The van der Waals surface area contributed by atoms with Gasteiger partial charge >= 0.3 is 0 Å². The van der Waals surface area contributed by atoms with Gasteiger partial charge in [0.05, 0.1) is 12.3 Å². The quantitative estimate of drug-likeness (QED) is 0.413. The summed E-state index contributed by atoms with van der Waals surface area (Å²) >= 11 is 6.70. The van der Waals surface area contributed by atoms with Crippen LogP contribution in [0.2, 0.25) is 0 Å². The zero-order valence-electron chi connectivity index (χ0n) is 15.6. The summed E-state index contributed by atoms with van der Waals surface area (Å²) in [4.78, 5) is 20.4. The molecule has 2 N–H and O–H groups in total.